The van der Waals surface area contributed by atoms with Crippen molar-refractivity contribution in [3.63, 3.8) is 0 Å². The van der Waals surface area contributed by atoms with Gasteiger partial charge in [0.1, 0.15) is 0 Å². The van der Waals surface area contributed by atoms with Crippen LogP contribution in [0.3, 0.4) is 0 Å². The first-order valence-electron chi connectivity index (χ1n) is 7.77. The molecule has 24 heavy (non-hydrogen) atoms. The summed E-state index contributed by atoms with van der Waals surface area (Å²) >= 11 is 0. The van der Waals surface area contributed by atoms with Crippen LogP contribution in [0.5, 0.6) is 0 Å². The van der Waals surface area contributed by atoms with Crippen molar-refractivity contribution >= 4 is 17.6 Å². The van der Waals surface area contributed by atoms with E-state index in [0.29, 0.717) is 12.1 Å². The molecule has 0 aromatic heterocycles. The quantitative estimate of drug-likeness (QED) is 0.829. The highest BCUT2D eigenvalue weighted by molar-refractivity contribution is 5.93. The summed E-state index contributed by atoms with van der Waals surface area (Å²) in [6, 6.07) is 16.6. The molecule has 0 saturated carbocycles. The summed E-state index contributed by atoms with van der Waals surface area (Å²) in [6.45, 7) is 1.96. The van der Waals surface area contributed by atoms with Gasteiger partial charge in [0, 0.05) is 26.3 Å². The highest BCUT2D eigenvalue weighted by Gasteiger charge is 2.19. The Kier molecular flexibility index (Phi) is 5.95. The molecule has 0 radical (unpaired) electrons. The van der Waals surface area contributed by atoms with E-state index in [2.05, 4.69) is 5.32 Å². The number of amides is 1. The van der Waals surface area contributed by atoms with E-state index in [4.69, 9.17) is 4.74 Å². The van der Waals surface area contributed by atoms with Crippen LogP contribution in [0.15, 0.2) is 54.6 Å². The molecule has 5 heteroatoms. The van der Waals surface area contributed by atoms with Crippen LogP contribution in [0.25, 0.3) is 0 Å². The highest BCUT2D eigenvalue weighted by atomic mass is 16.5. The van der Waals surface area contributed by atoms with Crippen LogP contribution in [0.4, 0.5) is 5.69 Å². The first-order chi connectivity index (χ1) is 11.5. The van der Waals surface area contributed by atoms with Gasteiger partial charge in [-0.05, 0) is 30.7 Å². The van der Waals surface area contributed by atoms with Gasteiger partial charge in [0.25, 0.3) is 5.91 Å². The third kappa shape index (κ3) is 4.84. The van der Waals surface area contributed by atoms with Crippen LogP contribution in [0.2, 0.25) is 0 Å². The Morgan fingerprint density at radius 1 is 1.08 bits per heavy atom. The third-order valence-corrected chi connectivity index (χ3v) is 3.56. The SMILES string of the molecule is C[C@@H](OC(=O)c1cccc(N(C)C)c1)C(=O)NCc1ccccc1. The van der Waals surface area contributed by atoms with Crippen molar-refractivity contribution in [1.82, 2.24) is 5.32 Å². The van der Waals surface area contributed by atoms with Crippen molar-refractivity contribution in [2.24, 2.45) is 0 Å². The van der Waals surface area contributed by atoms with Gasteiger partial charge in [-0.2, -0.15) is 0 Å². The number of nitrogens with one attached hydrogen (secondary N) is 1. The van der Waals surface area contributed by atoms with Crippen LogP contribution in [-0.4, -0.2) is 32.1 Å². The number of esters is 1. The second-order valence-corrected chi connectivity index (χ2v) is 5.70. The largest absolute Gasteiger partial charge is 0.449 e. The second kappa shape index (κ2) is 8.15. The van der Waals surface area contributed by atoms with Crippen LogP contribution >= 0.6 is 0 Å². The molecule has 126 valence electrons. The molecular weight excluding hydrogens is 304 g/mol. The smallest absolute Gasteiger partial charge is 0.338 e. The van der Waals surface area contributed by atoms with E-state index in [9.17, 15) is 9.59 Å². The van der Waals surface area contributed by atoms with Gasteiger partial charge in [-0.25, -0.2) is 4.79 Å². The van der Waals surface area contributed by atoms with Gasteiger partial charge < -0.3 is 15.0 Å². The Bertz CT molecular complexity index is 699. The van der Waals surface area contributed by atoms with Gasteiger partial charge in [0.05, 0.1) is 5.56 Å². The molecule has 2 aromatic rings. The van der Waals surface area contributed by atoms with Gasteiger partial charge in [0.2, 0.25) is 0 Å². The zero-order valence-electron chi connectivity index (χ0n) is 14.2. The number of rotatable bonds is 6. The zero-order chi connectivity index (χ0) is 17.5. The number of carbonyl (C=O) groups is 2. The lowest BCUT2D eigenvalue weighted by atomic mass is 10.2. The van der Waals surface area contributed by atoms with Crippen LogP contribution < -0.4 is 10.2 Å². The van der Waals surface area contributed by atoms with E-state index in [1.165, 1.54) is 0 Å². The molecule has 0 aliphatic heterocycles. The summed E-state index contributed by atoms with van der Waals surface area (Å²) in [4.78, 5) is 26.1. The fraction of sp³-hybridized carbons (Fsp3) is 0.263. The van der Waals surface area contributed by atoms with E-state index in [1.807, 2.05) is 55.4 Å². The van der Waals surface area contributed by atoms with Gasteiger partial charge in [-0.15, -0.1) is 0 Å². The van der Waals surface area contributed by atoms with Crippen molar-refractivity contribution in [2.45, 2.75) is 19.6 Å². The summed E-state index contributed by atoms with van der Waals surface area (Å²) < 4.78 is 5.25. The monoisotopic (exact) mass is 326 g/mol. The fourth-order valence-electron chi connectivity index (χ4n) is 2.12. The predicted octanol–water partition coefficient (Wildman–Crippen LogP) is 2.61. The average molecular weight is 326 g/mol. The predicted molar refractivity (Wildman–Crippen MR) is 93.9 cm³/mol. The van der Waals surface area contributed by atoms with Gasteiger partial charge >= 0.3 is 5.97 Å². The maximum Gasteiger partial charge on any atom is 0.338 e. The van der Waals surface area contributed by atoms with Crippen molar-refractivity contribution in [3.05, 3.63) is 65.7 Å². The number of anilines is 1. The maximum atomic E-state index is 12.2. The zero-order valence-corrected chi connectivity index (χ0v) is 14.2. The Hall–Kier alpha value is -2.82. The first-order valence-corrected chi connectivity index (χ1v) is 7.77. The molecule has 0 aliphatic rings. The molecule has 0 bridgehead atoms. The standard InChI is InChI=1S/C19H22N2O3/c1-14(18(22)20-13-15-8-5-4-6-9-15)24-19(23)16-10-7-11-17(12-16)21(2)3/h4-12,14H,13H2,1-3H3,(H,20,22)/t14-/m1/s1. The van der Waals surface area contributed by atoms with Crippen molar-refractivity contribution in [2.75, 3.05) is 19.0 Å². The lowest BCUT2D eigenvalue weighted by Gasteiger charge is -2.15. The van der Waals surface area contributed by atoms with E-state index in [0.717, 1.165) is 11.3 Å². The normalized spacial score (nSPS) is 11.5. The van der Waals surface area contributed by atoms with E-state index < -0.39 is 12.1 Å². The molecule has 2 aromatic carbocycles. The summed E-state index contributed by atoms with van der Waals surface area (Å²) in [6.07, 6.45) is -0.857. The lowest BCUT2D eigenvalue weighted by molar-refractivity contribution is -0.129. The molecule has 1 atom stereocenters. The van der Waals surface area contributed by atoms with Crippen LogP contribution in [0, 0.1) is 0 Å². The van der Waals surface area contributed by atoms with Gasteiger partial charge in [-0.3, -0.25) is 4.79 Å². The van der Waals surface area contributed by atoms with Gasteiger partial charge in [-0.1, -0.05) is 36.4 Å². The molecule has 2 rings (SSSR count). The molecule has 0 aliphatic carbocycles. The van der Waals surface area contributed by atoms with Gasteiger partial charge in [0.15, 0.2) is 6.10 Å². The maximum absolute atomic E-state index is 12.2. The summed E-state index contributed by atoms with van der Waals surface area (Å²) in [7, 11) is 3.79. The first kappa shape index (κ1) is 17.5. The second-order valence-electron chi connectivity index (χ2n) is 5.70. The Labute approximate surface area is 142 Å². The Morgan fingerprint density at radius 2 is 1.79 bits per heavy atom. The molecule has 0 spiro atoms. The summed E-state index contributed by atoms with van der Waals surface area (Å²) in [5.41, 5.74) is 2.30. The molecule has 0 unspecified atom stereocenters. The van der Waals surface area contributed by atoms with Crippen LogP contribution in [-0.2, 0) is 16.1 Å². The minimum Gasteiger partial charge on any atom is -0.449 e. The van der Waals surface area contributed by atoms with E-state index >= 15 is 0 Å². The molecule has 0 fully saturated rings. The van der Waals surface area contributed by atoms with Crippen molar-refractivity contribution in [1.29, 1.82) is 0 Å². The fourth-order valence-corrected chi connectivity index (χ4v) is 2.12. The minimum absolute atomic E-state index is 0.323. The Morgan fingerprint density at radius 3 is 2.46 bits per heavy atom. The number of hydrogen-bond acceptors (Lipinski definition) is 4. The van der Waals surface area contributed by atoms with E-state index in [-0.39, 0.29) is 5.91 Å². The molecule has 1 N–H and O–H groups in total. The number of hydrogen-bond donors (Lipinski definition) is 1. The molecule has 5 nitrogen and oxygen atoms in total. The Balaban J connectivity index is 1.91. The number of nitrogens with zero attached hydrogens (tertiary/aromatic N) is 1. The average Bonchev–Trinajstić information content (AvgIpc) is 2.60. The number of carbonyl (C=O) groups excluding carboxylic acids is 2. The molecule has 1 amide bonds. The third-order valence-electron chi connectivity index (χ3n) is 3.56. The summed E-state index contributed by atoms with van der Waals surface area (Å²) in [5.74, 6) is -0.836. The molecule has 0 saturated heterocycles. The molecular formula is C19H22N2O3. The minimum atomic E-state index is -0.857. The number of ether oxygens (including phenoxy) is 1. The topological polar surface area (TPSA) is 58.6 Å². The van der Waals surface area contributed by atoms with E-state index in [1.54, 1.807) is 25.1 Å². The van der Waals surface area contributed by atoms with Crippen LogP contribution in [0.1, 0.15) is 22.8 Å². The van der Waals surface area contributed by atoms with Crippen molar-refractivity contribution < 1.29 is 14.3 Å². The molecule has 0 heterocycles. The highest BCUT2D eigenvalue weighted by Crippen LogP contribution is 2.14. The number of benzene rings is 2. The van der Waals surface area contributed by atoms with Crippen molar-refractivity contribution in [3.8, 4) is 0 Å². The summed E-state index contributed by atoms with van der Waals surface area (Å²) in [5, 5.41) is 2.76. The lowest BCUT2D eigenvalue weighted by Crippen LogP contribution is -2.35.